The lowest BCUT2D eigenvalue weighted by atomic mass is 10.0. The van der Waals surface area contributed by atoms with E-state index in [0.717, 1.165) is 18.4 Å². The first-order chi connectivity index (χ1) is 16.5. The highest BCUT2D eigenvalue weighted by Crippen LogP contribution is 2.31. The Hall–Kier alpha value is -3.80. The monoisotopic (exact) mass is 459 g/mol. The van der Waals surface area contributed by atoms with Gasteiger partial charge in [0.15, 0.2) is 0 Å². The maximum atomic E-state index is 14.1. The molecule has 6 heteroatoms. The highest BCUT2D eigenvalue weighted by Gasteiger charge is 2.26. The van der Waals surface area contributed by atoms with Crippen molar-refractivity contribution in [2.45, 2.75) is 39.3 Å². The van der Waals surface area contributed by atoms with Crippen molar-refractivity contribution in [3.8, 4) is 22.6 Å². The molecule has 1 atom stereocenters. The topological polar surface area (TPSA) is 46.9 Å². The van der Waals surface area contributed by atoms with Crippen LogP contribution in [0.2, 0.25) is 0 Å². The Balaban J connectivity index is 1.84. The minimum absolute atomic E-state index is 0.183. The number of carbonyl (C=O) groups is 1. The molecule has 0 radical (unpaired) electrons. The molecule has 0 aliphatic heterocycles. The van der Waals surface area contributed by atoms with Crippen LogP contribution in [0.4, 0.5) is 8.78 Å². The number of imidazole rings is 1. The molecule has 4 rings (SSSR count). The van der Waals surface area contributed by atoms with Crippen molar-refractivity contribution >= 4 is 5.91 Å². The Morgan fingerprint density at radius 1 is 0.912 bits per heavy atom. The summed E-state index contributed by atoms with van der Waals surface area (Å²) in [4.78, 5) is 18.5. The number of carbonyl (C=O) groups excluding carboxylic acids is 1. The Kier molecular flexibility index (Phi) is 7.16. The summed E-state index contributed by atoms with van der Waals surface area (Å²) in [6.45, 7) is 4.40. The van der Waals surface area contributed by atoms with Gasteiger partial charge in [-0.05, 0) is 43.2 Å². The Morgan fingerprint density at radius 3 is 2.18 bits per heavy atom. The van der Waals surface area contributed by atoms with E-state index in [1.54, 1.807) is 28.8 Å². The van der Waals surface area contributed by atoms with Crippen molar-refractivity contribution in [1.82, 2.24) is 14.9 Å². The van der Waals surface area contributed by atoms with Gasteiger partial charge in [-0.3, -0.25) is 4.79 Å². The van der Waals surface area contributed by atoms with Crippen LogP contribution in [-0.4, -0.2) is 15.5 Å². The summed E-state index contributed by atoms with van der Waals surface area (Å²) in [6, 6.07) is 21.7. The van der Waals surface area contributed by atoms with Gasteiger partial charge in [0.1, 0.15) is 28.8 Å². The van der Waals surface area contributed by atoms with Gasteiger partial charge in [0, 0.05) is 17.7 Å². The molecule has 1 aromatic heterocycles. The largest absolute Gasteiger partial charge is 0.344 e. The zero-order valence-corrected chi connectivity index (χ0v) is 19.3. The summed E-state index contributed by atoms with van der Waals surface area (Å²) in [5.74, 6) is -0.666. The molecule has 0 aliphatic rings. The van der Waals surface area contributed by atoms with Crippen molar-refractivity contribution in [2.75, 3.05) is 0 Å². The van der Waals surface area contributed by atoms with Crippen LogP contribution in [0.25, 0.3) is 22.6 Å². The van der Waals surface area contributed by atoms with Crippen LogP contribution in [0, 0.1) is 11.6 Å². The second-order valence-electron chi connectivity index (χ2n) is 8.12. The summed E-state index contributed by atoms with van der Waals surface area (Å²) < 4.78 is 29.9. The van der Waals surface area contributed by atoms with E-state index in [2.05, 4.69) is 12.2 Å². The summed E-state index contributed by atoms with van der Waals surface area (Å²) in [6.07, 6.45) is 1.65. The molecule has 0 saturated heterocycles. The smallest absolute Gasteiger partial charge is 0.270 e. The lowest BCUT2D eigenvalue weighted by molar-refractivity contribution is 0.0926. The second kappa shape index (κ2) is 10.4. The van der Waals surface area contributed by atoms with Gasteiger partial charge in [-0.2, -0.15) is 0 Å². The number of nitrogens with one attached hydrogen (secondary N) is 1. The van der Waals surface area contributed by atoms with Crippen molar-refractivity contribution < 1.29 is 13.6 Å². The van der Waals surface area contributed by atoms with Gasteiger partial charge in [-0.25, -0.2) is 13.8 Å². The molecule has 4 aromatic rings. The van der Waals surface area contributed by atoms with E-state index in [1.807, 2.05) is 37.3 Å². The lowest BCUT2D eigenvalue weighted by Gasteiger charge is -2.20. The van der Waals surface area contributed by atoms with Crippen LogP contribution in [0.3, 0.4) is 0 Å². The van der Waals surface area contributed by atoms with E-state index in [4.69, 9.17) is 4.98 Å². The third-order valence-corrected chi connectivity index (χ3v) is 5.76. The maximum Gasteiger partial charge on any atom is 0.270 e. The third kappa shape index (κ3) is 4.91. The fourth-order valence-electron chi connectivity index (χ4n) is 4.20. The zero-order chi connectivity index (χ0) is 24.1. The number of hydrogen-bond acceptors (Lipinski definition) is 2. The molecule has 0 saturated carbocycles. The lowest BCUT2D eigenvalue weighted by Crippen LogP contribution is -2.30. The molecule has 4 nitrogen and oxygen atoms in total. The third-order valence-electron chi connectivity index (χ3n) is 5.76. The van der Waals surface area contributed by atoms with Crippen LogP contribution in [-0.2, 0) is 6.54 Å². The normalized spacial score (nSPS) is 11.9. The van der Waals surface area contributed by atoms with Gasteiger partial charge in [0.2, 0.25) is 0 Å². The standard InChI is InChI=1S/C28H27F2N3O/c1-3-10-24(19-11-6-5-7-12-19)31-28(34)26-25(20-13-8-15-22(29)17-20)32-27(33(26)4-2)21-14-9-16-23(30)18-21/h5-9,11-18,24H,3-4,10H2,1-2H3,(H,31,34). The van der Waals surface area contributed by atoms with Crippen LogP contribution >= 0.6 is 0 Å². The van der Waals surface area contributed by atoms with Crippen molar-refractivity contribution in [1.29, 1.82) is 0 Å². The molecule has 0 aliphatic carbocycles. The summed E-state index contributed by atoms with van der Waals surface area (Å²) in [5, 5.41) is 3.16. The second-order valence-corrected chi connectivity index (χ2v) is 8.12. The van der Waals surface area contributed by atoms with E-state index in [9.17, 15) is 13.6 Å². The molecular weight excluding hydrogens is 432 g/mol. The number of rotatable bonds is 8. The first-order valence-electron chi connectivity index (χ1n) is 11.5. The van der Waals surface area contributed by atoms with Crippen LogP contribution in [0.5, 0.6) is 0 Å². The molecule has 0 bridgehead atoms. The molecule has 174 valence electrons. The van der Waals surface area contributed by atoms with Crippen molar-refractivity contribution in [3.63, 3.8) is 0 Å². The molecule has 0 fully saturated rings. The number of aromatic nitrogens is 2. The van der Waals surface area contributed by atoms with E-state index < -0.39 is 11.6 Å². The van der Waals surface area contributed by atoms with Gasteiger partial charge in [-0.1, -0.05) is 67.9 Å². The summed E-state index contributed by atoms with van der Waals surface area (Å²) in [7, 11) is 0. The van der Waals surface area contributed by atoms with E-state index in [-0.39, 0.29) is 11.9 Å². The average Bonchev–Trinajstić information content (AvgIpc) is 3.24. The Bertz CT molecular complexity index is 1280. The summed E-state index contributed by atoms with van der Waals surface area (Å²) >= 11 is 0. The SMILES string of the molecule is CCCC(NC(=O)c1c(-c2cccc(F)c2)nc(-c2cccc(F)c2)n1CC)c1ccccc1. The van der Waals surface area contributed by atoms with Gasteiger partial charge in [0.25, 0.3) is 5.91 Å². The first-order valence-corrected chi connectivity index (χ1v) is 11.5. The number of nitrogens with zero attached hydrogens (tertiary/aromatic N) is 2. The van der Waals surface area contributed by atoms with E-state index in [1.165, 1.54) is 24.3 Å². The molecule has 3 aromatic carbocycles. The van der Waals surface area contributed by atoms with Gasteiger partial charge >= 0.3 is 0 Å². The van der Waals surface area contributed by atoms with Crippen LogP contribution in [0.1, 0.15) is 48.8 Å². The number of hydrogen-bond donors (Lipinski definition) is 1. The highest BCUT2D eigenvalue weighted by atomic mass is 19.1. The first kappa shape index (κ1) is 23.4. The Labute approximate surface area is 198 Å². The van der Waals surface area contributed by atoms with E-state index >= 15 is 0 Å². The van der Waals surface area contributed by atoms with Crippen LogP contribution < -0.4 is 5.32 Å². The molecular formula is C28H27F2N3O. The Morgan fingerprint density at radius 2 is 1.56 bits per heavy atom. The van der Waals surface area contributed by atoms with Crippen molar-refractivity contribution in [3.05, 3.63) is 102 Å². The van der Waals surface area contributed by atoms with E-state index in [0.29, 0.717) is 34.9 Å². The molecule has 0 spiro atoms. The minimum atomic E-state index is -0.421. The number of halogens is 2. The zero-order valence-electron chi connectivity index (χ0n) is 19.3. The van der Waals surface area contributed by atoms with Crippen LogP contribution in [0.15, 0.2) is 78.9 Å². The molecule has 1 N–H and O–H groups in total. The predicted molar refractivity (Wildman–Crippen MR) is 130 cm³/mol. The summed E-state index contributed by atoms with van der Waals surface area (Å²) in [5.41, 5.74) is 2.73. The van der Waals surface area contributed by atoms with Crippen molar-refractivity contribution in [2.24, 2.45) is 0 Å². The fourth-order valence-corrected chi connectivity index (χ4v) is 4.20. The number of amides is 1. The predicted octanol–water partition coefficient (Wildman–Crippen LogP) is 6.79. The van der Waals surface area contributed by atoms with Gasteiger partial charge in [0.05, 0.1) is 6.04 Å². The van der Waals surface area contributed by atoms with Gasteiger partial charge < -0.3 is 9.88 Å². The molecule has 34 heavy (non-hydrogen) atoms. The highest BCUT2D eigenvalue weighted by molar-refractivity contribution is 5.99. The molecule has 1 amide bonds. The molecule has 1 heterocycles. The molecule has 1 unspecified atom stereocenters. The fraction of sp³-hybridized carbons (Fsp3) is 0.214. The minimum Gasteiger partial charge on any atom is -0.344 e. The average molecular weight is 460 g/mol. The number of benzene rings is 3. The quantitative estimate of drug-likeness (QED) is 0.315. The maximum absolute atomic E-state index is 14.1. The van der Waals surface area contributed by atoms with Gasteiger partial charge in [-0.15, -0.1) is 0 Å².